The van der Waals surface area contributed by atoms with Crippen molar-refractivity contribution in [3.05, 3.63) is 59.1 Å². The quantitative estimate of drug-likeness (QED) is 0.0169. The minimum atomic E-state index is -4.41. The smallest absolute Gasteiger partial charge is 0.466 e. The van der Waals surface area contributed by atoms with E-state index >= 15 is 0 Å². The van der Waals surface area contributed by atoms with Crippen molar-refractivity contribution in [1.29, 1.82) is 0 Å². The van der Waals surface area contributed by atoms with E-state index in [4.69, 9.17) is 27.7 Å². The van der Waals surface area contributed by atoms with E-state index in [0.29, 0.717) is 23.9 Å². The Kier molecular flexibility index (Phi) is 31.3. The molecule has 12 heteroatoms. The average molecular weight is 921 g/mol. The predicted molar refractivity (Wildman–Crippen MR) is 259 cm³/mol. The fraction of sp³-hybridized carbons (Fsp3) is 0.769. The van der Waals surface area contributed by atoms with Crippen LogP contribution in [0, 0.1) is 13.8 Å². The largest absolute Gasteiger partial charge is 0.472 e. The molecule has 0 amide bonds. The normalized spacial score (nSPS) is 16.9. The summed E-state index contributed by atoms with van der Waals surface area (Å²) >= 11 is 0. The minimum absolute atomic E-state index is 0.0115. The van der Waals surface area contributed by atoms with Gasteiger partial charge in [0.25, 0.3) is 0 Å². The molecule has 3 unspecified atom stereocenters. The van der Waals surface area contributed by atoms with Gasteiger partial charge in [0.15, 0.2) is 6.10 Å². The third-order valence-electron chi connectivity index (χ3n) is 11.8. The lowest BCUT2D eigenvalue weighted by Crippen LogP contribution is -2.37. The number of hydrogen-bond donors (Lipinski definition) is 1. The number of nitrogens with zero attached hydrogens (tertiary/aromatic N) is 1. The van der Waals surface area contributed by atoms with Crippen molar-refractivity contribution in [2.45, 2.75) is 213 Å². The van der Waals surface area contributed by atoms with Crippen LogP contribution < -0.4 is 0 Å². The number of ether oxygens (including phenoxy) is 3. The van der Waals surface area contributed by atoms with Crippen molar-refractivity contribution in [2.24, 2.45) is 0 Å². The zero-order valence-electron chi connectivity index (χ0n) is 41.4. The first-order chi connectivity index (χ1) is 30.7. The molecule has 0 aromatic carbocycles. The first-order valence-corrected chi connectivity index (χ1v) is 26.7. The zero-order chi connectivity index (χ0) is 46.9. The van der Waals surface area contributed by atoms with E-state index in [1.165, 1.54) is 99.7 Å². The Morgan fingerprint density at radius 2 is 1.22 bits per heavy atom. The number of carbonyl (C=O) groups is 2. The molecule has 0 spiro atoms. The highest BCUT2D eigenvalue weighted by Crippen LogP contribution is 2.43. The summed E-state index contributed by atoms with van der Waals surface area (Å²) in [5.41, 5.74) is 2.69. The predicted octanol–water partition coefficient (Wildman–Crippen LogP) is 13.1. The second-order valence-corrected chi connectivity index (χ2v) is 20.3. The van der Waals surface area contributed by atoms with E-state index in [1.807, 2.05) is 21.1 Å². The summed E-state index contributed by atoms with van der Waals surface area (Å²) in [6.07, 6.45) is 38.8. The van der Waals surface area contributed by atoms with Gasteiger partial charge in [0, 0.05) is 25.7 Å². The van der Waals surface area contributed by atoms with E-state index in [-0.39, 0.29) is 38.3 Å². The van der Waals surface area contributed by atoms with Crippen molar-refractivity contribution < 1.29 is 51.2 Å². The number of unbranched alkanes of at least 4 members (excludes halogenated alkanes) is 14. The summed E-state index contributed by atoms with van der Waals surface area (Å²) in [7, 11) is 1.41. The molecule has 1 fully saturated rings. The Morgan fingerprint density at radius 3 is 1.84 bits per heavy atom. The number of phosphoric ester groups is 1. The molecule has 64 heavy (non-hydrogen) atoms. The maximum absolute atomic E-state index is 12.8. The molecule has 11 nitrogen and oxygen atoms in total. The molecule has 0 radical (unpaired) electrons. The van der Waals surface area contributed by atoms with Crippen LogP contribution >= 0.6 is 7.82 Å². The van der Waals surface area contributed by atoms with Crippen LogP contribution in [-0.2, 0) is 50.3 Å². The summed E-state index contributed by atoms with van der Waals surface area (Å²) in [4.78, 5) is 35.7. The van der Waals surface area contributed by atoms with Gasteiger partial charge < -0.3 is 28.0 Å². The first kappa shape index (κ1) is 57.6. The number of carbonyl (C=O) groups excluding carboxylic acids is 2. The molecule has 1 aromatic heterocycles. The second kappa shape index (κ2) is 34.7. The van der Waals surface area contributed by atoms with Crippen molar-refractivity contribution in [3.63, 3.8) is 0 Å². The molecule has 4 atom stereocenters. The van der Waals surface area contributed by atoms with Crippen LogP contribution in [-0.4, -0.2) is 87.1 Å². The van der Waals surface area contributed by atoms with Gasteiger partial charge in [-0.3, -0.25) is 18.6 Å². The molecular formula is C52H91NO10P+. The first-order valence-electron chi connectivity index (χ1n) is 25.2. The van der Waals surface area contributed by atoms with Gasteiger partial charge in [-0.25, -0.2) is 4.57 Å². The van der Waals surface area contributed by atoms with Gasteiger partial charge in [-0.15, -0.1) is 0 Å². The number of aryl methyl sites for hydroxylation is 2. The van der Waals surface area contributed by atoms with Gasteiger partial charge >= 0.3 is 19.8 Å². The molecule has 0 aliphatic carbocycles. The summed E-state index contributed by atoms with van der Waals surface area (Å²) in [5, 5.41) is 0. The molecule has 1 aliphatic heterocycles. The number of furan rings is 1. The Hall–Kier alpha value is -2.53. The highest BCUT2D eigenvalue weighted by molar-refractivity contribution is 7.47. The summed E-state index contributed by atoms with van der Waals surface area (Å²) in [6.45, 7) is 8.66. The molecule has 368 valence electrons. The van der Waals surface area contributed by atoms with E-state index in [2.05, 4.69) is 64.2 Å². The highest BCUT2D eigenvalue weighted by Gasteiger charge is 2.37. The molecule has 0 bridgehead atoms. The minimum Gasteiger partial charge on any atom is -0.466 e. The molecule has 1 aromatic rings. The van der Waals surface area contributed by atoms with Crippen LogP contribution in [0.15, 0.2) is 40.9 Å². The topological polar surface area (TPSA) is 134 Å². The van der Waals surface area contributed by atoms with Crippen molar-refractivity contribution >= 4 is 19.8 Å². The lowest BCUT2D eigenvalue weighted by molar-refractivity contribution is -0.870. The summed E-state index contributed by atoms with van der Waals surface area (Å²) in [6, 6.07) is 0. The highest BCUT2D eigenvalue weighted by atomic mass is 31.2. The zero-order valence-corrected chi connectivity index (χ0v) is 42.3. The number of likely N-dealkylation sites (N-methyl/N-ethyl adjacent to an activating group) is 1. The van der Waals surface area contributed by atoms with Crippen molar-refractivity contribution in [1.82, 2.24) is 0 Å². The van der Waals surface area contributed by atoms with Crippen LogP contribution in [0.1, 0.15) is 191 Å². The number of allylic oxidation sites excluding steroid dienone is 5. The maximum Gasteiger partial charge on any atom is 0.472 e. The third-order valence-corrected chi connectivity index (χ3v) is 12.8. The summed E-state index contributed by atoms with van der Waals surface area (Å²) < 4.78 is 46.5. The lowest BCUT2D eigenvalue weighted by atomic mass is 10.0. The molecule has 1 saturated heterocycles. The standard InChI is InChI=1S/C52H90NO10P/c1-8-10-12-13-14-15-16-17-21-24-27-31-36-49-50(63-49)37-33-39-52(55)61-46(43-60-64(56,57)59-41-40-53(5,6)7)42-58-51(54)38-32-28-25-22-19-18-20-23-26-30-35-48-45(4)44(3)47(62-48)34-29-11-9-2/h14-15,17,21,27,31,46,49-50H,8-13,16,18-20,22-26,28-30,32-43H2,1-7H3/p+1/b15-14-,21-17-,31-27-/t46-,49?,50?/m1/s1. The van der Waals surface area contributed by atoms with Gasteiger partial charge in [0.05, 0.1) is 40.0 Å². The Labute approximate surface area is 389 Å². The number of epoxide rings is 1. The summed E-state index contributed by atoms with van der Waals surface area (Å²) in [5.74, 6) is 1.49. The van der Waals surface area contributed by atoms with E-state index < -0.39 is 32.5 Å². The van der Waals surface area contributed by atoms with Crippen LogP contribution in [0.25, 0.3) is 0 Å². The van der Waals surface area contributed by atoms with Crippen molar-refractivity contribution in [2.75, 3.05) is 47.5 Å². The number of hydrogen-bond acceptors (Lipinski definition) is 9. The van der Waals surface area contributed by atoms with Crippen LogP contribution in [0.4, 0.5) is 0 Å². The molecule has 0 saturated carbocycles. The molecule has 2 heterocycles. The van der Waals surface area contributed by atoms with Gasteiger partial charge in [-0.2, -0.15) is 0 Å². The van der Waals surface area contributed by atoms with Crippen molar-refractivity contribution in [3.8, 4) is 0 Å². The van der Waals surface area contributed by atoms with Gasteiger partial charge in [0.1, 0.15) is 31.3 Å². The third kappa shape index (κ3) is 29.9. The maximum atomic E-state index is 12.8. The Morgan fingerprint density at radius 1 is 0.672 bits per heavy atom. The van der Waals surface area contributed by atoms with Crippen LogP contribution in [0.2, 0.25) is 0 Å². The molecule has 2 rings (SSSR count). The van der Waals surface area contributed by atoms with Gasteiger partial charge in [0.2, 0.25) is 0 Å². The monoisotopic (exact) mass is 921 g/mol. The van der Waals surface area contributed by atoms with Gasteiger partial charge in [-0.1, -0.05) is 127 Å². The number of phosphoric acid groups is 1. The number of quaternary nitrogens is 1. The van der Waals surface area contributed by atoms with E-state index in [1.54, 1.807) is 0 Å². The number of rotatable bonds is 41. The fourth-order valence-corrected chi connectivity index (χ4v) is 8.20. The molecule has 1 aliphatic rings. The second-order valence-electron chi connectivity index (χ2n) is 18.8. The molecular weight excluding hydrogens is 830 g/mol. The van der Waals surface area contributed by atoms with Crippen LogP contribution in [0.3, 0.4) is 0 Å². The lowest BCUT2D eigenvalue weighted by Gasteiger charge is -2.24. The van der Waals surface area contributed by atoms with E-state index in [9.17, 15) is 19.0 Å². The Balaban J connectivity index is 1.62. The Bertz CT molecular complexity index is 1530. The number of esters is 2. The van der Waals surface area contributed by atoms with Crippen LogP contribution in [0.5, 0.6) is 0 Å². The van der Waals surface area contributed by atoms with E-state index in [0.717, 1.165) is 64.2 Å². The average Bonchev–Trinajstić information content (AvgIpc) is 3.94. The SMILES string of the molecule is CCCCC/C=C\C/C=C\C/C=C\CC1OC1CCCC(=O)O[C@H](COC(=O)CCCCCCCCCCCCc1oc(CCCCC)c(C)c1C)COP(=O)(O)OCC[N+](C)(C)C. The fourth-order valence-electron chi connectivity index (χ4n) is 7.46. The van der Waals surface area contributed by atoms with Gasteiger partial charge in [-0.05, 0) is 89.2 Å². The molecule has 1 N–H and O–H groups in total.